The highest BCUT2D eigenvalue weighted by Crippen LogP contribution is 2.68. The Morgan fingerprint density at radius 3 is 2.41 bits per heavy atom. The predicted octanol–water partition coefficient (Wildman–Crippen LogP) is 5.14. The van der Waals surface area contributed by atoms with Gasteiger partial charge in [0, 0.05) is 19.3 Å². The molecule has 4 aliphatic carbocycles. The molecule has 4 fully saturated rings. The number of fused-ring (bicyclic) bond motifs is 5. The van der Waals surface area contributed by atoms with Gasteiger partial charge >= 0.3 is 11.9 Å². The largest absolute Gasteiger partial charge is 0.469 e. The minimum atomic E-state index is -0.206. The van der Waals surface area contributed by atoms with Crippen LogP contribution in [0.25, 0.3) is 0 Å². The Hall–Kier alpha value is -1.10. The van der Waals surface area contributed by atoms with Gasteiger partial charge in [-0.05, 0) is 98.2 Å². The van der Waals surface area contributed by atoms with Crippen LogP contribution in [0.1, 0.15) is 91.9 Å². The van der Waals surface area contributed by atoms with Crippen LogP contribution in [-0.2, 0) is 19.1 Å². The first kappa shape index (κ1) is 24.0. The molecular formula is C27H44O5. The summed E-state index contributed by atoms with van der Waals surface area (Å²) in [5.74, 6) is 2.83. The molecule has 0 radical (unpaired) electrons. The molecule has 0 aromatic heterocycles. The number of ether oxygens (including phenoxy) is 2. The number of hydrogen-bond acceptors (Lipinski definition) is 5. The Bertz CT molecular complexity index is 721. The van der Waals surface area contributed by atoms with Gasteiger partial charge in [-0.1, -0.05) is 20.8 Å². The zero-order valence-corrected chi connectivity index (χ0v) is 20.8. The van der Waals surface area contributed by atoms with Crippen LogP contribution in [0.5, 0.6) is 0 Å². The Labute approximate surface area is 194 Å². The van der Waals surface area contributed by atoms with Crippen molar-refractivity contribution in [1.82, 2.24) is 0 Å². The Morgan fingerprint density at radius 2 is 1.72 bits per heavy atom. The number of rotatable bonds is 5. The summed E-state index contributed by atoms with van der Waals surface area (Å²) in [6, 6.07) is 0. The minimum Gasteiger partial charge on any atom is -0.469 e. The van der Waals surface area contributed by atoms with Gasteiger partial charge in [-0.3, -0.25) is 9.59 Å². The van der Waals surface area contributed by atoms with E-state index in [1.807, 2.05) is 0 Å². The Kier molecular flexibility index (Phi) is 6.70. The van der Waals surface area contributed by atoms with Crippen LogP contribution in [0.4, 0.5) is 0 Å². The normalized spacial score (nSPS) is 46.4. The highest BCUT2D eigenvalue weighted by atomic mass is 16.5. The fourth-order valence-corrected chi connectivity index (χ4v) is 9.13. The molecule has 182 valence electrons. The topological polar surface area (TPSA) is 72.8 Å². The maximum Gasteiger partial charge on any atom is 0.305 e. The van der Waals surface area contributed by atoms with Crippen molar-refractivity contribution in [2.24, 2.45) is 46.3 Å². The van der Waals surface area contributed by atoms with Gasteiger partial charge < -0.3 is 14.6 Å². The van der Waals surface area contributed by atoms with Gasteiger partial charge in [-0.2, -0.15) is 0 Å². The van der Waals surface area contributed by atoms with E-state index < -0.39 is 0 Å². The van der Waals surface area contributed by atoms with E-state index in [-0.39, 0.29) is 35.0 Å². The van der Waals surface area contributed by atoms with Crippen molar-refractivity contribution in [2.45, 2.75) is 104 Å². The van der Waals surface area contributed by atoms with Crippen molar-refractivity contribution in [1.29, 1.82) is 0 Å². The fraction of sp³-hybridized carbons (Fsp3) is 0.926. The van der Waals surface area contributed by atoms with Crippen molar-refractivity contribution < 1.29 is 24.2 Å². The van der Waals surface area contributed by atoms with E-state index in [2.05, 4.69) is 20.8 Å². The average molecular weight is 449 g/mol. The van der Waals surface area contributed by atoms with E-state index in [0.29, 0.717) is 41.9 Å². The van der Waals surface area contributed by atoms with Crippen molar-refractivity contribution in [2.75, 3.05) is 7.11 Å². The molecule has 0 saturated heterocycles. The first-order chi connectivity index (χ1) is 15.1. The zero-order chi connectivity index (χ0) is 23.3. The number of esters is 2. The maximum absolute atomic E-state index is 12.1. The van der Waals surface area contributed by atoms with E-state index >= 15 is 0 Å². The molecule has 10 atom stereocenters. The summed E-state index contributed by atoms with van der Waals surface area (Å²) in [6.45, 7) is 8.83. The summed E-state index contributed by atoms with van der Waals surface area (Å²) in [6.07, 6.45) is 9.75. The van der Waals surface area contributed by atoms with Crippen LogP contribution in [0.3, 0.4) is 0 Å². The van der Waals surface area contributed by atoms with E-state index in [1.165, 1.54) is 32.8 Å². The van der Waals surface area contributed by atoms with Crippen LogP contribution in [0, 0.1) is 46.3 Å². The molecule has 4 aliphatic rings. The number of aliphatic hydroxyl groups is 1. The third kappa shape index (κ3) is 4.01. The second-order valence-electron chi connectivity index (χ2n) is 12.1. The van der Waals surface area contributed by atoms with Crippen molar-refractivity contribution in [3.8, 4) is 0 Å². The van der Waals surface area contributed by atoms with Gasteiger partial charge in [0.25, 0.3) is 0 Å². The molecule has 0 heterocycles. The molecular weight excluding hydrogens is 404 g/mol. The fourth-order valence-electron chi connectivity index (χ4n) is 9.13. The second-order valence-corrected chi connectivity index (χ2v) is 12.1. The van der Waals surface area contributed by atoms with Crippen LogP contribution < -0.4 is 0 Å². The monoisotopic (exact) mass is 448 g/mol. The summed E-state index contributed by atoms with van der Waals surface area (Å²) in [7, 11) is 1.47. The molecule has 0 aromatic rings. The van der Waals surface area contributed by atoms with Crippen LogP contribution in [-0.4, -0.2) is 36.4 Å². The molecule has 0 bridgehead atoms. The number of aliphatic hydroxyl groups excluding tert-OH is 1. The summed E-state index contributed by atoms with van der Waals surface area (Å²) >= 11 is 0. The van der Waals surface area contributed by atoms with Crippen molar-refractivity contribution in [3.63, 3.8) is 0 Å². The summed E-state index contributed by atoms with van der Waals surface area (Å²) in [5, 5.41) is 10.4. The average Bonchev–Trinajstić information content (AvgIpc) is 3.09. The van der Waals surface area contributed by atoms with Crippen molar-refractivity contribution in [3.05, 3.63) is 0 Å². The Balaban J connectivity index is 1.59. The molecule has 0 aliphatic heterocycles. The Morgan fingerprint density at radius 1 is 1.03 bits per heavy atom. The van der Waals surface area contributed by atoms with E-state index in [1.54, 1.807) is 6.92 Å². The molecule has 5 nitrogen and oxygen atoms in total. The number of carbonyl (C=O) groups is 2. The number of methoxy groups -OCH3 is 1. The van der Waals surface area contributed by atoms with Crippen LogP contribution in [0.15, 0.2) is 0 Å². The smallest absolute Gasteiger partial charge is 0.305 e. The SMILES string of the molecule is COC(=O)CC[C@@H](C)[C@H]1CC[C@H]2[C@@H]3[C@@H](OC(C)=O)C[C@@H]4C[C@H](O)CC[C@]4(C)[C@H]3CC[C@]12C. The molecule has 4 saturated carbocycles. The summed E-state index contributed by atoms with van der Waals surface area (Å²) in [5.41, 5.74) is 0.489. The lowest BCUT2D eigenvalue weighted by atomic mass is 9.43. The molecule has 4 rings (SSSR count). The lowest BCUT2D eigenvalue weighted by Crippen LogP contribution is -2.59. The standard InChI is InChI=1S/C27H44O5/c1-16(6-9-24(30)31-5)20-7-8-21-25-22(11-13-27(20,21)4)26(3)12-10-19(29)14-18(26)15-23(25)32-17(2)28/h16,18-23,25,29H,6-15H2,1-5H3/t16-,18+,19-,20-,21+,22+,23+,25+,26+,27-/m1/s1. The maximum atomic E-state index is 12.1. The van der Waals surface area contributed by atoms with Gasteiger partial charge in [0.1, 0.15) is 6.10 Å². The minimum absolute atomic E-state index is 0.0189. The number of carbonyl (C=O) groups excluding carboxylic acids is 2. The van der Waals surface area contributed by atoms with Crippen molar-refractivity contribution >= 4 is 11.9 Å². The first-order valence-corrected chi connectivity index (χ1v) is 13.0. The van der Waals surface area contributed by atoms with Gasteiger partial charge in [0.15, 0.2) is 0 Å². The second kappa shape index (κ2) is 8.92. The number of hydrogen-bond donors (Lipinski definition) is 1. The van der Waals surface area contributed by atoms with Gasteiger partial charge in [0.05, 0.1) is 13.2 Å². The predicted molar refractivity (Wildman–Crippen MR) is 123 cm³/mol. The van der Waals surface area contributed by atoms with E-state index in [4.69, 9.17) is 9.47 Å². The van der Waals surface area contributed by atoms with E-state index in [0.717, 1.165) is 32.1 Å². The highest BCUT2D eigenvalue weighted by molar-refractivity contribution is 5.69. The quantitative estimate of drug-likeness (QED) is 0.590. The lowest BCUT2D eigenvalue weighted by molar-refractivity contribution is -0.194. The summed E-state index contributed by atoms with van der Waals surface area (Å²) < 4.78 is 10.9. The van der Waals surface area contributed by atoms with Crippen LogP contribution >= 0.6 is 0 Å². The van der Waals surface area contributed by atoms with E-state index in [9.17, 15) is 14.7 Å². The molecule has 0 unspecified atom stereocenters. The molecule has 5 heteroatoms. The van der Waals surface area contributed by atoms with Crippen LogP contribution in [0.2, 0.25) is 0 Å². The molecule has 0 aromatic carbocycles. The lowest BCUT2D eigenvalue weighted by Gasteiger charge is -2.62. The van der Waals surface area contributed by atoms with Gasteiger partial charge in [-0.15, -0.1) is 0 Å². The third-order valence-electron chi connectivity index (χ3n) is 10.7. The third-order valence-corrected chi connectivity index (χ3v) is 10.7. The zero-order valence-electron chi connectivity index (χ0n) is 20.8. The summed E-state index contributed by atoms with van der Waals surface area (Å²) in [4.78, 5) is 23.8. The first-order valence-electron chi connectivity index (χ1n) is 13.0. The molecule has 1 N–H and O–H groups in total. The highest BCUT2D eigenvalue weighted by Gasteiger charge is 2.63. The van der Waals surface area contributed by atoms with Gasteiger partial charge in [-0.25, -0.2) is 0 Å². The molecule has 32 heavy (non-hydrogen) atoms. The molecule has 0 amide bonds. The molecule has 0 spiro atoms. The van der Waals surface area contributed by atoms with Gasteiger partial charge in [0.2, 0.25) is 0 Å².